The van der Waals surface area contributed by atoms with Gasteiger partial charge in [0.2, 0.25) is 0 Å². The number of carbonyl (C=O) groups excluding carboxylic acids is 1. The Bertz CT molecular complexity index is 291. The lowest BCUT2D eigenvalue weighted by atomic mass is 9.81. The number of hydrogen-bond donors (Lipinski definition) is 0. The van der Waals surface area contributed by atoms with E-state index < -0.39 is 0 Å². The Morgan fingerprint density at radius 3 is 2.62 bits per heavy atom. The first kappa shape index (κ1) is 7.78. The van der Waals surface area contributed by atoms with Gasteiger partial charge in [-0.15, -0.1) is 0 Å². The summed E-state index contributed by atoms with van der Waals surface area (Å²) < 4.78 is 0. The molecule has 1 nitrogen and oxygen atoms in total. The normalized spacial score (nSPS) is 57.5. The molecule has 0 N–H and O–H groups in total. The SMILES string of the molecule is C[C@@H]1[C@H]2C3C=CC(C3)[C@H]2C(=O)[C@H]1C. The van der Waals surface area contributed by atoms with Crippen LogP contribution in [-0.2, 0) is 4.79 Å². The summed E-state index contributed by atoms with van der Waals surface area (Å²) >= 11 is 0. The van der Waals surface area contributed by atoms with Gasteiger partial charge in [0.25, 0.3) is 0 Å². The number of fused-ring (bicyclic) bond motifs is 5. The standard InChI is InChI=1S/C12H16O/c1-6-7(2)12(13)11-9-4-3-8(5-9)10(6)11/h3-4,6-11H,5H2,1-2H3/t6-,7-,8?,9?,10-,11+/m0/s1. The third-order valence-electron chi connectivity index (χ3n) is 4.69. The van der Waals surface area contributed by atoms with Crippen LogP contribution in [0.1, 0.15) is 20.3 Å². The van der Waals surface area contributed by atoms with Gasteiger partial charge in [0, 0.05) is 11.8 Å². The van der Waals surface area contributed by atoms with Crippen LogP contribution in [0.25, 0.3) is 0 Å². The zero-order chi connectivity index (χ0) is 9.16. The molecule has 3 rings (SSSR count). The highest BCUT2D eigenvalue weighted by atomic mass is 16.1. The molecule has 1 heteroatoms. The van der Waals surface area contributed by atoms with Gasteiger partial charge in [-0.05, 0) is 30.1 Å². The van der Waals surface area contributed by atoms with E-state index in [1.165, 1.54) is 6.42 Å². The van der Waals surface area contributed by atoms with E-state index in [9.17, 15) is 4.79 Å². The predicted octanol–water partition coefficient (Wildman–Crippen LogP) is 2.28. The second-order valence-electron chi connectivity index (χ2n) is 5.10. The van der Waals surface area contributed by atoms with E-state index in [1.807, 2.05) is 0 Å². The van der Waals surface area contributed by atoms with E-state index in [1.54, 1.807) is 0 Å². The zero-order valence-corrected chi connectivity index (χ0v) is 8.23. The maximum absolute atomic E-state index is 12.0. The molecule has 13 heavy (non-hydrogen) atoms. The summed E-state index contributed by atoms with van der Waals surface area (Å²) in [5, 5.41) is 0. The van der Waals surface area contributed by atoms with Gasteiger partial charge < -0.3 is 0 Å². The van der Waals surface area contributed by atoms with Gasteiger partial charge in [0.15, 0.2) is 0 Å². The van der Waals surface area contributed by atoms with Crippen LogP contribution < -0.4 is 0 Å². The molecule has 2 bridgehead atoms. The highest BCUT2D eigenvalue weighted by Gasteiger charge is 2.56. The summed E-state index contributed by atoms with van der Waals surface area (Å²) in [6.45, 7) is 4.38. The first-order chi connectivity index (χ1) is 6.20. The number of ketones is 1. The fraction of sp³-hybridized carbons (Fsp3) is 0.750. The quantitative estimate of drug-likeness (QED) is 0.517. The molecule has 0 saturated heterocycles. The van der Waals surface area contributed by atoms with Gasteiger partial charge in [-0.25, -0.2) is 0 Å². The minimum Gasteiger partial charge on any atom is -0.299 e. The minimum atomic E-state index is 0.320. The number of rotatable bonds is 0. The van der Waals surface area contributed by atoms with Gasteiger partial charge in [0.05, 0.1) is 0 Å². The van der Waals surface area contributed by atoms with Gasteiger partial charge in [-0.2, -0.15) is 0 Å². The fourth-order valence-corrected chi connectivity index (χ4v) is 3.87. The number of allylic oxidation sites excluding steroid dienone is 2. The second-order valence-corrected chi connectivity index (χ2v) is 5.10. The number of Topliss-reactive ketones (excluding diaryl/α,β-unsaturated/α-hetero) is 1. The molecular weight excluding hydrogens is 160 g/mol. The van der Waals surface area contributed by atoms with Crippen molar-refractivity contribution < 1.29 is 4.79 Å². The number of carbonyl (C=O) groups is 1. The predicted molar refractivity (Wildman–Crippen MR) is 51.1 cm³/mol. The zero-order valence-electron chi connectivity index (χ0n) is 8.23. The lowest BCUT2D eigenvalue weighted by Crippen LogP contribution is -2.21. The molecule has 6 atom stereocenters. The first-order valence-corrected chi connectivity index (χ1v) is 5.42. The third-order valence-corrected chi connectivity index (χ3v) is 4.69. The van der Waals surface area contributed by atoms with Crippen LogP contribution in [0.5, 0.6) is 0 Å². The van der Waals surface area contributed by atoms with Crippen molar-refractivity contribution in [2.75, 3.05) is 0 Å². The van der Waals surface area contributed by atoms with Gasteiger partial charge in [-0.3, -0.25) is 4.79 Å². The van der Waals surface area contributed by atoms with Crippen molar-refractivity contribution in [2.45, 2.75) is 20.3 Å². The molecule has 2 saturated carbocycles. The second kappa shape index (κ2) is 2.26. The number of hydrogen-bond acceptors (Lipinski definition) is 1. The average Bonchev–Trinajstić information content (AvgIpc) is 2.76. The van der Waals surface area contributed by atoms with E-state index in [4.69, 9.17) is 0 Å². The molecule has 0 aromatic carbocycles. The summed E-state index contributed by atoms with van der Waals surface area (Å²) in [5.74, 6) is 3.93. The van der Waals surface area contributed by atoms with Crippen molar-refractivity contribution in [2.24, 2.45) is 35.5 Å². The molecule has 2 fully saturated rings. The highest BCUT2D eigenvalue weighted by molar-refractivity contribution is 5.87. The van der Waals surface area contributed by atoms with Crippen LogP contribution in [0.4, 0.5) is 0 Å². The van der Waals surface area contributed by atoms with E-state index in [0.29, 0.717) is 35.4 Å². The summed E-state index contributed by atoms with van der Waals surface area (Å²) in [5.41, 5.74) is 0. The Balaban J connectivity index is 2.03. The monoisotopic (exact) mass is 176 g/mol. The molecule has 3 aliphatic rings. The van der Waals surface area contributed by atoms with Crippen LogP contribution in [0.15, 0.2) is 12.2 Å². The Kier molecular flexibility index (Phi) is 1.35. The van der Waals surface area contributed by atoms with E-state index in [0.717, 1.165) is 5.92 Å². The summed E-state index contributed by atoms with van der Waals surface area (Å²) in [7, 11) is 0. The molecule has 3 aliphatic carbocycles. The van der Waals surface area contributed by atoms with Crippen molar-refractivity contribution in [1.82, 2.24) is 0 Å². The molecule has 70 valence electrons. The maximum Gasteiger partial charge on any atom is 0.139 e. The molecular formula is C12H16O. The molecule has 0 aromatic heterocycles. The van der Waals surface area contributed by atoms with Crippen LogP contribution in [0.3, 0.4) is 0 Å². The molecule has 2 unspecified atom stereocenters. The summed E-state index contributed by atoms with van der Waals surface area (Å²) in [6.07, 6.45) is 5.90. The fourth-order valence-electron chi connectivity index (χ4n) is 3.87. The highest BCUT2D eigenvalue weighted by Crippen LogP contribution is 2.57. The van der Waals surface area contributed by atoms with Crippen molar-refractivity contribution in [3.05, 3.63) is 12.2 Å². The smallest absolute Gasteiger partial charge is 0.139 e. The van der Waals surface area contributed by atoms with Gasteiger partial charge >= 0.3 is 0 Å². The molecule has 0 spiro atoms. The van der Waals surface area contributed by atoms with Crippen LogP contribution >= 0.6 is 0 Å². The van der Waals surface area contributed by atoms with Gasteiger partial charge in [-0.1, -0.05) is 26.0 Å². The van der Waals surface area contributed by atoms with Crippen molar-refractivity contribution in [1.29, 1.82) is 0 Å². The molecule has 0 aromatic rings. The Labute approximate surface area is 79.2 Å². The largest absolute Gasteiger partial charge is 0.299 e. The minimum absolute atomic E-state index is 0.320. The van der Waals surface area contributed by atoms with Crippen molar-refractivity contribution >= 4 is 5.78 Å². The molecule has 0 amide bonds. The lowest BCUT2D eigenvalue weighted by Gasteiger charge is -2.22. The molecule has 0 aliphatic heterocycles. The van der Waals surface area contributed by atoms with E-state index >= 15 is 0 Å². The Morgan fingerprint density at radius 2 is 1.92 bits per heavy atom. The average molecular weight is 176 g/mol. The van der Waals surface area contributed by atoms with Crippen molar-refractivity contribution in [3.8, 4) is 0 Å². The van der Waals surface area contributed by atoms with Crippen LogP contribution in [0.2, 0.25) is 0 Å². The summed E-state index contributed by atoms with van der Waals surface area (Å²) in [4.78, 5) is 12.0. The molecule has 0 radical (unpaired) electrons. The van der Waals surface area contributed by atoms with Crippen LogP contribution in [0, 0.1) is 35.5 Å². The first-order valence-electron chi connectivity index (χ1n) is 5.42. The van der Waals surface area contributed by atoms with Crippen LogP contribution in [-0.4, -0.2) is 5.78 Å². The summed E-state index contributed by atoms with van der Waals surface area (Å²) in [6, 6.07) is 0. The van der Waals surface area contributed by atoms with Gasteiger partial charge in [0.1, 0.15) is 5.78 Å². The Morgan fingerprint density at radius 1 is 1.23 bits per heavy atom. The molecule has 0 heterocycles. The lowest BCUT2D eigenvalue weighted by molar-refractivity contribution is -0.124. The van der Waals surface area contributed by atoms with E-state index in [2.05, 4.69) is 26.0 Å². The van der Waals surface area contributed by atoms with E-state index in [-0.39, 0.29) is 0 Å². The maximum atomic E-state index is 12.0. The third kappa shape index (κ3) is 0.762. The topological polar surface area (TPSA) is 17.1 Å². The Hall–Kier alpha value is -0.590. The van der Waals surface area contributed by atoms with Crippen molar-refractivity contribution in [3.63, 3.8) is 0 Å².